The van der Waals surface area contributed by atoms with Gasteiger partial charge in [-0.15, -0.1) is 16.8 Å². The van der Waals surface area contributed by atoms with Crippen LogP contribution in [0.15, 0.2) is 53.6 Å². The first-order valence-corrected chi connectivity index (χ1v) is 9.87. The Balaban J connectivity index is 1.75. The first-order valence-electron chi connectivity index (χ1n) is 9.87. The van der Waals surface area contributed by atoms with E-state index in [1.54, 1.807) is 30.8 Å². The van der Waals surface area contributed by atoms with Crippen molar-refractivity contribution < 1.29 is 14.0 Å². The molecule has 0 saturated heterocycles. The molecule has 1 aromatic carbocycles. The number of hydrogen-bond acceptors (Lipinski definition) is 6. The predicted molar refractivity (Wildman–Crippen MR) is 116 cm³/mol. The van der Waals surface area contributed by atoms with E-state index >= 15 is 0 Å². The maximum Gasteiger partial charge on any atom is 0.309 e. The fourth-order valence-electron chi connectivity index (χ4n) is 3.07. The Kier molecular flexibility index (Phi) is 6.64. The number of rotatable bonds is 8. The van der Waals surface area contributed by atoms with Crippen molar-refractivity contribution in [2.75, 3.05) is 11.9 Å². The lowest BCUT2D eigenvalue weighted by atomic mass is 10.0. The van der Waals surface area contributed by atoms with Crippen LogP contribution in [0.5, 0.6) is 0 Å². The third kappa shape index (κ3) is 4.88. The zero-order chi connectivity index (χ0) is 22.5. The zero-order valence-corrected chi connectivity index (χ0v) is 18.1. The van der Waals surface area contributed by atoms with Crippen LogP contribution >= 0.6 is 0 Å². The molecule has 0 saturated carbocycles. The van der Waals surface area contributed by atoms with Gasteiger partial charge in [-0.25, -0.2) is 4.98 Å². The maximum atomic E-state index is 13.2. The SMILES string of the molecule is C=C[C@@H](C)[C@H](NC(=O)c1nnc(Cc2ccccc2)o1)C(=O)N(C)c1cnc(C)n1C. The monoisotopic (exact) mass is 422 g/mol. The van der Waals surface area contributed by atoms with Crippen LogP contribution in [-0.4, -0.2) is 44.7 Å². The number of amides is 2. The summed E-state index contributed by atoms with van der Waals surface area (Å²) in [7, 11) is 3.46. The number of hydrogen-bond donors (Lipinski definition) is 1. The highest BCUT2D eigenvalue weighted by molar-refractivity contribution is 6.00. The van der Waals surface area contributed by atoms with Gasteiger partial charge in [0.05, 0.1) is 12.6 Å². The Morgan fingerprint density at radius 3 is 2.61 bits per heavy atom. The van der Waals surface area contributed by atoms with Crippen molar-refractivity contribution in [3.63, 3.8) is 0 Å². The normalized spacial score (nSPS) is 12.8. The Bertz CT molecular complexity index is 1070. The molecule has 0 aliphatic heterocycles. The topological polar surface area (TPSA) is 106 Å². The number of benzene rings is 1. The molecule has 2 atom stereocenters. The number of nitrogens with one attached hydrogen (secondary N) is 1. The molecule has 0 unspecified atom stereocenters. The van der Waals surface area contributed by atoms with Gasteiger partial charge in [0, 0.05) is 20.0 Å². The van der Waals surface area contributed by atoms with Gasteiger partial charge in [0.1, 0.15) is 17.7 Å². The van der Waals surface area contributed by atoms with Crippen LogP contribution in [0, 0.1) is 12.8 Å². The summed E-state index contributed by atoms with van der Waals surface area (Å²) >= 11 is 0. The summed E-state index contributed by atoms with van der Waals surface area (Å²) in [6.45, 7) is 7.40. The Morgan fingerprint density at radius 1 is 1.29 bits per heavy atom. The number of carbonyl (C=O) groups is 2. The van der Waals surface area contributed by atoms with E-state index in [0.717, 1.165) is 11.4 Å². The van der Waals surface area contributed by atoms with E-state index < -0.39 is 11.9 Å². The van der Waals surface area contributed by atoms with E-state index in [0.29, 0.717) is 18.1 Å². The molecule has 9 nitrogen and oxygen atoms in total. The lowest BCUT2D eigenvalue weighted by molar-refractivity contribution is -0.120. The predicted octanol–water partition coefficient (Wildman–Crippen LogP) is 2.29. The van der Waals surface area contributed by atoms with E-state index in [-0.39, 0.29) is 17.7 Å². The molecule has 0 aliphatic rings. The first kappa shape index (κ1) is 21.9. The highest BCUT2D eigenvalue weighted by atomic mass is 16.4. The molecule has 0 bridgehead atoms. The quantitative estimate of drug-likeness (QED) is 0.558. The maximum absolute atomic E-state index is 13.2. The highest BCUT2D eigenvalue weighted by Crippen LogP contribution is 2.17. The number of aromatic nitrogens is 4. The molecular formula is C22H26N6O3. The minimum atomic E-state index is -0.866. The molecule has 2 heterocycles. The van der Waals surface area contributed by atoms with Crippen LogP contribution in [0.4, 0.5) is 5.82 Å². The third-order valence-corrected chi connectivity index (χ3v) is 5.18. The van der Waals surface area contributed by atoms with E-state index in [4.69, 9.17) is 4.42 Å². The van der Waals surface area contributed by atoms with E-state index in [9.17, 15) is 9.59 Å². The van der Waals surface area contributed by atoms with Gasteiger partial charge in [0.2, 0.25) is 5.89 Å². The van der Waals surface area contributed by atoms with E-state index in [1.807, 2.05) is 44.3 Å². The van der Waals surface area contributed by atoms with Crippen molar-refractivity contribution in [2.24, 2.45) is 13.0 Å². The van der Waals surface area contributed by atoms with Crippen molar-refractivity contribution >= 4 is 17.6 Å². The molecule has 3 rings (SSSR count). The van der Waals surface area contributed by atoms with Gasteiger partial charge in [-0.1, -0.05) is 43.3 Å². The second-order valence-corrected chi connectivity index (χ2v) is 7.33. The molecular weight excluding hydrogens is 396 g/mol. The summed E-state index contributed by atoms with van der Waals surface area (Å²) in [5.41, 5.74) is 0.986. The van der Waals surface area contributed by atoms with Gasteiger partial charge in [-0.2, -0.15) is 0 Å². The number of likely N-dealkylation sites (N-methyl/N-ethyl adjacent to an activating group) is 1. The van der Waals surface area contributed by atoms with Gasteiger partial charge < -0.3 is 14.3 Å². The largest absolute Gasteiger partial charge is 0.417 e. The minimum Gasteiger partial charge on any atom is -0.417 e. The average molecular weight is 422 g/mol. The van der Waals surface area contributed by atoms with Crippen LogP contribution in [0.2, 0.25) is 0 Å². The van der Waals surface area contributed by atoms with Crippen molar-refractivity contribution in [1.82, 2.24) is 25.1 Å². The fourth-order valence-corrected chi connectivity index (χ4v) is 3.07. The summed E-state index contributed by atoms with van der Waals surface area (Å²) in [5.74, 6) is 0.239. The average Bonchev–Trinajstić information content (AvgIpc) is 3.38. The van der Waals surface area contributed by atoms with Crippen LogP contribution in [0.1, 0.15) is 34.9 Å². The summed E-state index contributed by atoms with van der Waals surface area (Å²) < 4.78 is 7.31. The zero-order valence-electron chi connectivity index (χ0n) is 18.1. The number of anilines is 1. The molecule has 0 spiro atoms. The highest BCUT2D eigenvalue weighted by Gasteiger charge is 2.31. The second kappa shape index (κ2) is 9.38. The van der Waals surface area contributed by atoms with Crippen LogP contribution in [0.25, 0.3) is 0 Å². The Labute approximate surface area is 180 Å². The lowest BCUT2D eigenvalue weighted by Gasteiger charge is -2.27. The van der Waals surface area contributed by atoms with Gasteiger partial charge in [0.25, 0.3) is 5.91 Å². The summed E-state index contributed by atoms with van der Waals surface area (Å²) in [6.07, 6.45) is 3.63. The Hall–Kier alpha value is -3.75. The van der Waals surface area contributed by atoms with Gasteiger partial charge in [-0.3, -0.25) is 14.5 Å². The Morgan fingerprint density at radius 2 is 2.00 bits per heavy atom. The standard InChI is InChI=1S/C22H26N6O3/c1-6-14(2)19(22(30)28(5)18-13-23-15(3)27(18)4)24-20(29)21-26-25-17(31-21)12-16-10-8-7-9-11-16/h6-11,13-14,19H,1,12H2,2-5H3,(H,24,29)/t14-,19+/m1/s1. The molecule has 1 N–H and O–H groups in total. The molecule has 3 aromatic rings. The fraction of sp³-hybridized carbons (Fsp3) is 0.318. The smallest absolute Gasteiger partial charge is 0.309 e. The number of carbonyl (C=O) groups excluding carboxylic acids is 2. The summed E-state index contributed by atoms with van der Waals surface area (Å²) in [5, 5.41) is 10.5. The van der Waals surface area contributed by atoms with Gasteiger partial charge >= 0.3 is 11.8 Å². The van der Waals surface area contributed by atoms with Gasteiger partial charge in [-0.05, 0) is 12.5 Å². The van der Waals surface area contributed by atoms with Crippen LogP contribution < -0.4 is 10.2 Å². The lowest BCUT2D eigenvalue weighted by Crippen LogP contribution is -2.51. The molecule has 0 aliphatic carbocycles. The number of nitrogens with zero attached hydrogens (tertiary/aromatic N) is 5. The van der Waals surface area contributed by atoms with Crippen LogP contribution in [-0.2, 0) is 18.3 Å². The summed E-state index contributed by atoms with van der Waals surface area (Å²) in [4.78, 5) is 31.6. The minimum absolute atomic E-state index is 0.195. The molecule has 2 aromatic heterocycles. The molecule has 9 heteroatoms. The van der Waals surface area contributed by atoms with Crippen molar-refractivity contribution in [2.45, 2.75) is 26.3 Å². The molecule has 31 heavy (non-hydrogen) atoms. The van der Waals surface area contributed by atoms with Crippen molar-refractivity contribution in [3.8, 4) is 0 Å². The van der Waals surface area contributed by atoms with E-state index in [1.165, 1.54) is 4.90 Å². The summed E-state index contributed by atoms with van der Waals surface area (Å²) in [6, 6.07) is 8.73. The first-order chi connectivity index (χ1) is 14.8. The van der Waals surface area contributed by atoms with E-state index in [2.05, 4.69) is 27.1 Å². The van der Waals surface area contributed by atoms with Crippen molar-refractivity contribution in [1.29, 1.82) is 0 Å². The molecule has 2 amide bonds. The van der Waals surface area contributed by atoms with Crippen LogP contribution in [0.3, 0.4) is 0 Å². The molecule has 162 valence electrons. The van der Waals surface area contributed by atoms with Crippen molar-refractivity contribution in [3.05, 3.63) is 72.4 Å². The molecule has 0 radical (unpaired) electrons. The molecule has 0 fully saturated rings. The number of aryl methyl sites for hydroxylation is 1. The van der Waals surface area contributed by atoms with Gasteiger partial charge in [0.15, 0.2) is 0 Å². The second-order valence-electron chi connectivity index (χ2n) is 7.33. The number of imidazole rings is 1. The third-order valence-electron chi connectivity index (χ3n) is 5.18.